The molecule has 29 heavy (non-hydrogen) atoms. The van der Waals surface area contributed by atoms with Gasteiger partial charge in [0, 0.05) is 44.8 Å². The molecular weight excluding hydrogens is 477 g/mol. The van der Waals surface area contributed by atoms with E-state index in [1.807, 2.05) is 19.2 Å². The second-order valence-corrected chi connectivity index (χ2v) is 8.00. The summed E-state index contributed by atoms with van der Waals surface area (Å²) in [7, 11) is 1.84. The Labute approximate surface area is 190 Å². The number of aromatic nitrogens is 3. The molecule has 8 heteroatoms. The van der Waals surface area contributed by atoms with E-state index in [0.717, 1.165) is 36.4 Å². The minimum atomic E-state index is 0. The number of aromatic amines is 1. The Morgan fingerprint density at radius 3 is 2.90 bits per heavy atom. The van der Waals surface area contributed by atoms with Crippen LogP contribution in [0.2, 0.25) is 0 Å². The van der Waals surface area contributed by atoms with Crippen LogP contribution in [0.3, 0.4) is 0 Å². The normalized spacial score (nSPS) is 20.6. The van der Waals surface area contributed by atoms with E-state index in [-0.39, 0.29) is 24.0 Å². The van der Waals surface area contributed by atoms with Crippen LogP contribution < -0.4 is 10.6 Å². The van der Waals surface area contributed by atoms with Gasteiger partial charge in [-0.2, -0.15) is 5.10 Å². The van der Waals surface area contributed by atoms with Crippen LogP contribution in [0, 0.1) is 5.92 Å². The first kappa shape index (κ1) is 22.0. The van der Waals surface area contributed by atoms with Gasteiger partial charge < -0.3 is 15.5 Å². The maximum atomic E-state index is 4.41. The molecule has 1 unspecified atom stereocenters. The molecule has 2 heterocycles. The average molecular weight is 509 g/mol. The molecule has 2 aromatic rings. The van der Waals surface area contributed by atoms with Gasteiger partial charge >= 0.3 is 0 Å². The van der Waals surface area contributed by atoms with Gasteiger partial charge in [0.2, 0.25) is 0 Å². The molecule has 1 atom stereocenters. The predicted molar refractivity (Wildman–Crippen MR) is 127 cm³/mol. The Bertz CT molecular complexity index is 771. The average Bonchev–Trinajstić information content (AvgIpc) is 3.49. The van der Waals surface area contributed by atoms with E-state index in [1.54, 1.807) is 0 Å². The monoisotopic (exact) mass is 509 g/mol. The Kier molecular flexibility index (Phi) is 8.29. The minimum Gasteiger partial charge on any atom is -0.352 e. The number of likely N-dealkylation sites (tertiary alicyclic amines) is 1. The second kappa shape index (κ2) is 10.9. The Morgan fingerprint density at radius 1 is 1.28 bits per heavy atom. The second-order valence-electron chi connectivity index (χ2n) is 8.00. The fourth-order valence-corrected chi connectivity index (χ4v) is 4.42. The van der Waals surface area contributed by atoms with Crippen molar-refractivity contribution in [2.24, 2.45) is 10.9 Å². The molecule has 7 nitrogen and oxygen atoms in total. The fourth-order valence-electron chi connectivity index (χ4n) is 4.42. The molecule has 1 saturated carbocycles. The topological polar surface area (TPSA) is 81.2 Å². The van der Waals surface area contributed by atoms with Crippen molar-refractivity contribution in [3.05, 3.63) is 36.2 Å². The van der Waals surface area contributed by atoms with Crippen molar-refractivity contribution in [3.63, 3.8) is 0 Å². The quantitative estimate of drug-likeness (QED) is 0.317. The van der Waals surface area contributed by atoms with Crippen LogP contribution >= 0.6 is 24.0 Å². The lowest BCUT2D eigenvalue weighted by Crippen LogP contribution is -2.44. The molecule has 1 aromatic heterocycles. The zero-order chi connectivity index (χ0) is 19.2. The van der Waals surface area contributed by atoms with Gasteiger partial charge in [-0.3, -0.25) is 10.1 Å². The summed E-state index contributed by atoms with van der Waals surface area (Å²) in [6.45, 7) is 4.32. The third-order valence-electron chi connectivity index (χ3n) is 5.90. The number of nitrogens with zero attached hydrogens (tertiary/aromatic N) is 4. The Morgan fingerprint density at radius 2 is 2.14 bits per heavy atom. The maximum absolute atomic E-state index is 4.41. The van der Waals surface area contributed by atoms with Gasteiger partial charge in [-0.1, -0.05) is 31.0 Å². The first-order chi connectivity index (χ1) is 13.8. The molecule has 0 spiro atoms. The number of rotatable bonds is 6. The number of hydrogen-bond donors (Lipinski definition) is 3. The number of halogens is 1. The van der Waals surface area contributed by atoms with Crippen molar-refractivity contribution in [1.29, 1.82) is 0 Å². The smallest absolute Gasteiger partial charge is 0.191 e. The van der Waals surface area contributed by atoms with Crippen LogP contribution in [-0.2, 0) is 6.54 Å². The number of guanidine groups is 1. The molecule has 1 saturated heterocycles. The van der Waals surface area contributed by atoms with Crippen molar-refractivity contribution in [1.82, 2.24) is 30.7 Å². The van der Waals surface area contributed by atoms with E-state index in [9.17, 15) is 0 Å². The van der Waals surface area contributed by atoms with Gasteiger partial charge in [-0.05, 0) is 36.8 Å². The first-order valence-electron chi connectivity index (χ1n) is 10.4. The molecule has 0 amide bonds. The van der Waals surface area contributed by atoms with Crippen LogP contribution in [0.25, 0.3) is 11.4 Å². The van der Waals surface area contributed by atoms with E-state index in [2.05, 4.69) is 47.8 Å². The van der Waals surface area contributed by atoms with Crippen molar-refractivity contribution >= 4 is 29.9 Å². The molecule has 2 fully saturated rings. The molecule has 158 valence electrons. The first-order valence-corrected chi connectivity index (χ1v) is 10.4. The fraction of sp³-hybridized carbons (Fsp3) is 0.571. The zero-order valence-corrected chi connectivity index (χ0v) is 19.4. The summed E-state index contributed by atoms with van der Waals surface area (Å²) >= 11 is 0. The molecule has 4 rings (SSSR count). The molecule has 0 radical (unpaired) electrons. The highest BCUT2D eigenvalue weighted by molar-refractivity contribution is 14.0. The summed E-state index contributed by atoms with van der Waals surface area (Å²) < 4.78 is 0. The lowest BCUT2D eigenvalue weighted by atomic mass is 10.1. The molecular formula is C21H32IN7. The zero-order valence-electron chi connectivity index (χ0n) is 17.1. The minimum absolute atomic E-state index is 0. The Hall–Kier alpha value is -1.68. The van der Waals surface area contributed by atoms with Gasteiger partial charge in [-0.15, -0.1) is 24.0 Å². The number of benzene rings is 1. The molecule has 0 bridgehead atoms. The molecule has 3 N–H and O–H groups in total. The van der Waals surface area contributed by atoms with Gasteiger partial charge in [0.05, 0.1) is 0 Å². The summed E-state index contributed by atoms with van der Waals surface area (Å²) in [4.78, 5) is 11.3. The van der Waals surface area contributed by atoms with E-state index in [4.69, 9.17) is 0 Å². The maximum Gasteiger partial charge on any atom is 0.191 e. The van der Waals surface area contributed by atoms with Crippen LogP contribution in [0.1, 0.15) is 37.7 Å². The summed E-state index contributed by atoms with van der Waals surface area (Å²) in [5, 5.41) is 13.9. The number of H-pyrrole nitrogens is 1. The van der Waals surface area contributed by atoms with Gasteiger partial charge in [0.1, 0.15) is 6.33 Å². The molecule has 2 aliphatic rings. The predicted octanol–water partition coefficient (Wildman–Crippen LogP) is 3.02. The van der Waals surface area contributed by atoms with E-state index >= 15 is 0 Å². The van der Waals surface area contributed by atoms with Crippen LogP contribution in [0.4, 0.5) is 0 Å². The Balaban J connectivity index is 0.00000240. The van der Waals surface area contributed by atoms with Crippen molar-refractivity contribution in [2.45, 2.75) is 44.7 Å². The van der Waals surface area contributed by atoms with E-state index < -0.39 is 0 Å². The number of aliphatic imine (C=N–C) groups is 1. The highest BCUT2D eigenvalue weighted by atomic mass is 127. The third-order valence-corrected chi connectivity index (χ3v) is 5.90. The van der Waals surface area contributed by atoms with E-state index in [0.29, 0.717) is 6.04 Å². The summed E-state index contributed by atoms with van der Waals surface area (Å²) in [6, 6.07) is 8.80. The molecule has 1 aliphatic heterocycles. The summed E-state index contributed by atoms with van der Waals surface area (Å²) in [5.41, 5.74) is 2.23. The lowest BCUT2D eigenvalue weighted by Gasteiger charge is -2.21. The van der Waals surface area contributed by atoms with Crippen LogP contribution in [0.5, 0.6) is 0 Å². The SMILES string of the molecule is CN=C(NCc1cccc(-c2ncn[nH]2)c1)NC1CCN(CC2CCCC2)C1.I. The van der Waals surface area contributed by atoms with Crippen LogP contribution in [0.15, 0.2) is 35.6 Å². The van der Waals surface area contributed by atoms with Gasteiger partial charge in [0.25, 0.3) is 0 Å². The summed E-state index contributed by atoms with van der Waals surface area (Å²) in [5.74, 6) is 2.59. The van der Waals surface area contributed by atoms with Crippen molar-refractivity contribution < 1.29 is 0 Å². The van der Waals surface area contributed by atoms with Crippen LogP contribution in [-0.4, -0.2) is 58.8 Å². The molecule has 1 aromatic carbocycles. The number of hydrogen-bond acceptors (Lipinski definition) is 4. The highest BCUT2D eigenvalue weighted by Gasteiger charge is 2.26. The third kappa shape index (κ3) is 6.15. The highest BCUT2D eigenvalue weighted by Crippen LogP contribution is 2.26. The number of nitrogens with one attached hydrogen (secondary N) is 3. The summed E-state index contributed by atoms with van der Waals surface area (Å²) in [6.07, 6.45) is 8.41. The molecule has 1 aliphatic carbocycles. The lowest BCUT2D eigenvalue weighted by molar-refractivity contribution is 0.275. The largest absolute Gasteiger partial charge is 0.352 e. The van der Waals surface area contributed by atoms with Crippen molar-refractivity contribution in [3.8, 4) is 11.4 Å². The standard InChI is InChI=1S/C21H31N7.HI/c1-22-21(26-19-9-10-28(14-19)13-16-5-2-3-6-16)23-12-17-7-4-8-18(11-17)20-24-15-25-27-20;/h4,7-8,11,15-16,19H,2-3,5-6,9-10,12-14H2,1H3,(H2,22,23,26)(H,24,25,27);1H. The van der Waals surface area contributed by atoms with Crippen molar-refractivity contribution in [2.75, 3.05) is 26.7 Å². The van der Waals surface area contributed by atoms with Gasteiger partial charge in [0.15, 0.2) is 11.8 Å². The van der Waals surface area contributed by atoms with E-state index in [1.165, 1.54) is 57.1 Å². The van der Waals surface area contributed by atoms with Gasteiger partial charge in [-0.25, -0.2) is 4.98 Å².